The molecule has 2 nitrogen and oxygen atoms in total. The van der Waals surface area contributed by atoms with Crippen molar-refractivity contribution in [1.82, 2.24) is 5.73 Å². The lowest BCUT2D eigenvalue weighted by Gasteiger charge is -2.03. The van der Waals surface area contributed by atoms with E-state index in [-0.39, 0.29) is 6.42 Å². The standard InChI is InChI=1S/C12H10NO/c13-12(14)8-10-6-3-5-9-4-1-2-7-11(9)10/h1-7,13H,8H2. The van der Waals surface area contributed by atoms with Gasteiger partial charge in [-0.05, 0) is 16.3 Å². The van der Waals surface area contributed by atoms with Crippen molar-refractivity contribution < 1.29 is 4.79 Å². The molecule has 2 rings (SSSR count). The SMILES string of the molecule is [NH]C(=O)Cc1cccc2ccccc12. The molecule has 14 heavy (non-hydrogen) atoms. The van der Waals surface area contributed by atoms with Crippen LogP contribution in [0, 0.1) is 0 Å². The Balaban J connectivity index is 2.59. The minimum atomic E-state index is -0.540. The molecule has 0 aliphatic heterocycles. The van der Waals surface area contributed by atoms with Crippen LogP contribution in [0.3, 0.4) is 0 Å². The van der Waals surface area contributed by atoms with Gasteiger partial charge in [0.25, 0.3) is 0 Å². The van der Waals surface area contributed by atoms with Crippen molar-refractivity contribution in [1.29, 1.82) is 0 Å². The van der Waals surface area contributed by atoms with Gasteiger partial charge in [0, 0.05) is 0 Å². The highest BCUT2D eigenvalue weighted by Crippen LogP contribution is 2.18. The van der Waals surface area contributed by atoms with E-state index in [0.717, 1.165) is 16.3 Å². The van der Waals surface area contributed by atoms with Crippen molar-refractivity contribution in [2.45, 2.75) is 6.42 Å². The molecule has 0 unspecified atom stereocenters. The third-order valence-electron chi connectivity index (χ3n) is 2.23. The molecule has 0 aliphatic carbocycles. The van der Waals surface area contributed by atoms with Crippen LogP contribution >= 0.6 is 0 Å². The molecule has 0 fully saturated rings. The summed E-state index contributed by atoms with van der Waals surface area (Å²) in [6, 6.07) is 13.7. The van der Waals surface area contributed by atoms with Crippen LogP contribution in [0.2, 0.25) is 0 Å². The number of fused-ring (bicyclic) bond motifs is 1. The first kappa shape index (κ1) is 8.75. The number of nitrogens with one attached hydrogen (secondary N) is 1. The van der Waals surface area contributed by atoms with Crippen LogP contribution in [-0.4, -0.2) is 5.91 Å². The Labute approximate surface area is 82.3 Å². The lowest BCUT2D eigenvalue weighted by atomic mass is 10.0. The van der Waals surface area contributed by atoms with Crippen molar-refractivity contribution in [2.24, 2.45) is 0 Å². The average molecular weight is 184 g/mol. The topological polar surface area (TPSA) is 40.9 Å². The number of carbonyl (C=O) groups is 1. The maximum Gasteiger partial charge on any atom is 0.242 e. The third kappa shape index (κ3) is 1.59. The van der Waals surface area contributed by atoms with Crippen LogP contribution in [0.4, 0.5) is 0 Å². The first-order chi connectivity index (χ1) is 6.77. The zero-order chi connectivity index (χ0) is 9.97. The van der Waals surface area contributed by atoms with Crippen LogP contribution in [0.25, 0.3) is 10.8 Å². The maximum atomic E-state index is 10.7. The van der Waals surface area contributed by atoms with E-state index in [1.165, 1.54) is 0 Å². The molecule has 0 saturated carbocycles. The molecule has 0 aliphatic rings. The van der Waals surface area contributed by atoms with E-state index in [4.69, 9.17) is 5.73 Å². The highest BCUT2D eigenvalue weighted by Gasteiger charge is 2.02. The predicted octanol–water partition coefficient (Wildman–Crippen LogP) is 2.19. The largest absolute Gasteiger partial charge is 0.273 e. The van der Waals surface area contributed by atoms with Gasteiger partial charge in [-0.15, -0.1) is 0 Å². The van der Waals surface area contributed by atoms with Gasteiger partial charge >= 0.3 is 0 Å². The Morgan fingerprint density at radius 3 is 2.57 bits per heavy atom. The normalized spacial score (nSPS) is 10.3. The van der Waals surface area contributed by atoms with E-state index in [0.29, 0.717) is 0 Å². The molecule has 0 atom stereocenters. The van der Waals surface area contributed by atoms with Crippen LogP contribution in [0.1, 0.15) is 5.56 Å². The van der Waals surface area contributed by atoms with Crippen LogP contribution in [0.15, 0.2) is 42.5 Å². The monoisotopic (exact) mass is 184 g/mol. The smallest absolute Gasteiger partial charge is 0.242 e. The van der Waals surface area contributed by atoms with Gasteiger partial charge in [0.05, 0.1) is 6.42 Å². The third-order valence-corrected chi connectivity index (χ3v) is 2.23. The molecule has 0 saturated heterocycles. The average Bonchev–Trinajstić information content (AvgIpc) is 2.18. The first-order valence-corrected chi connectivity index (χ1v) is 4.48. The molecular weight excluding hydrogens is 174 g/mol. The number of hydrogen-bond donors (Lipinski definition) is 0. The molecule has 2 heteroatoms. The minimum absolute atomic E-state index is 0.196. The Morgan fingerprint density at radius 2 is 1.79 bits per heavy atom. The number of carbonyl (C=O) groups excluding carboxylic acids is 1. The van der Waals surface area contributed by atoms with E-state index in [2.05, 4.69) is 0 Å². The molecule has 2 aromatic rings. The van der Waals surface area contributed by atoms with E-state index >= 15 is 0 Å². The fourth-order valence-electron chi connectivity index (χ4n) is 1.62. The summed E-state index contributed by atoms with van der Waals surface area (Å²) in [6.07, 6.45) is 0.196. The summed E-state index contributed by atoms with van der Waals surface area (Å²) in [4.78, 5) is 10.7. The summed E-state index contributed by atoms with van der Waals surface area (Å²) in [5, 5.41) is 2.18. The highest BCUT2D eigenvalue weighted by atomic mass is 16.1. The van der Waals surface area contributed by atoms with Gasteiger partial charge in [-0.2, -0.15) is 0 Å². The Kier molecular flexibility index (Phi) is 2.19. The highest BCUT2D eigenvalue weighted by molar-refractivity contribution is 5.89. The van der Waals surface area contributed by atoms with Gasteiger partial charge in [-0.25, -0.2) is 0 Å². The number of benzene rings is 2. The molecule has 1 radical (unpaired) electrons. The summed E-state index contributed by atoms with van der Waals surface area (Å²) < 4.78 is 0. The van der Waals surface area contributed by atoms with Gasteiger partial charge in [-0.1, -0.05) is 42.5 Å². The second-order valence-corrected chi connectivity index (χ2v) is 3.24. The summed E-state index contributed by atoms with van der Waals surface area (Å²) in [6.45, 7) is 0. The summed E-state index contributed by atoms with van der Waals surface area (Å²) >= 11 is 0. The van der Waals surface area contributed by atoms with Crippen LogP contribution < -0.4 is 5.73 Å². The van der Waals surface area contributed by atoms with Crippen molar-refractivity contribution in [3.8, 4) is 0 Å². The van der Waals surface area contributed by atoms with Crippen LogP contribution in [-0.2, 0) is 11.2 Å². The fourth-order valence-corrected chi connectivity index (χ4v) is 1.62. The Bertz CT molecular complexity index is 471. The van der Waals surface area contributed by atoms with Gasteiger partial charge in [0.2, 0.25) is 5.91 Å². The quantitative estimate of drug-likeness (QED) is 0.705. The molecule has 0 aromatic heterocycles. The van der Waals surface area contributed by atoms with Gasteiger partial charge in [-0.3, -0.25) is 10.5 Å². The van der Waals surface area contributed by atoms with E-state index in [1.54, 1.807) is 0 Å². The summed E-state index contributed by atoms with van der Waals surface area (Å²) in [5.74, 6) is -0.540. The van der Waals surface area contributed by atoms with Crippen molar-refractivity contribution in [2.75, 3.05) is 0 Å². The second-order valence-electron chi connectivity index (χ2n) is 3.24. The Morgan fingerprint density at radius 1 is 1.07 bits per heavy atom. The first-order valence-electron chi connectivity index (χ1n) is 4.48. The van der Waals surface area contributed by atoms with Gasteiger partial charge < -0.3 is 0 Å². The van der Waals surface area contributed by atoms with Crippen molar-refractivity contribution >= 4 is 16.7 Å². The fraction of sp³-hybridized carbons (Fsp3) is 0.0833. The molecule has 0 spiro atoms. The molecule has 0 heterocycles. The van der Waals surface area contributed by atoms with Crippen molar-refractivity contribution in [3.63, 3.8) is 0 Å². The minimum Gasteiger partial charge on any atom is -0.273 e. The summed E-state index contributed by atoms with van der Waals surface area (Å²) in [5.41, 5.74) is 7.88. The van der Waals surface area contributed by atoms with Gasteiger partial charge in [0.15, 0.2) is 0 Å². The zero-order valence-electron chi connectivity index (χ0n) is 7.66. The van der Waals surface area contributed by atoms with Crippen LogP contribution in [0.5, 0.6) is 0 Å². The summed E-state index contributed by atoms with van der Waals surface area (Å²) in [7, 11) is 0. The molecule has 0 bridgehead atoms. The molecule has 1 amide bonds. The predicted molar refractivity (Wildman–Crippen MR) is 55.8 cm³/mol. The number of rotatable bonds is 2. The second kappa shape index (κ2) is 3.50. The zero-order valence-corrected chi connectivity index (χ0v) is 7.66. The molecular formula is C12H10NO. The van der Waals surface area contributed by atoms with Gasteiger partial charge in [0.1, 0.15) is 0 Å². The molecule has 1 N–H and O–H groups in total. The number of hydrogen-bond acceptors (Lipinski definition) is 1. The van der Waals surface area contributed by atoms with Crippen molar-refractivity contribution in [3.05, 3.63) is 48.0 Å². The number of amides is 1. The van der Waals surface area contributed by atoms with E-state index < -0.39 is 5.91 Å². The molecule has 69 valence electrons. The Hall–Kier alpha value is -1.83. The van der Waals surface area contributed by atoms with E-state index in [1.807, 2.05) is 42.5 Å². The lowest BCUT2D eigenvalue weighted by molar-refractivity contribution is -0.118. The molecule has 2 aromatic carbocycles. The van der Waals surface area contributed by atoms with E-state index in [9.17, 15) is 4.79 Å². The lowest BCUT2D eigenvalue weighted by Crippen LogP contribution is -2.02. The maximum absolute atomic E-state index is 10.7.